The van der Waals surface area contributed by atoms with Crippen LogP contribution in [0.15, 0.2) is 17.8 Å². The van der Waals surface area contributed by atoms with E-state index in [1.54, 1.807) is 20.2 Å². The van der Waals surface area contributed by atoms with Crippen LogP contribution < -0.4 is 10.6 Å². The van der Waals surface area contributed by atoms with Gasteiger partial charge in [-0.25, -0.2) is 0 Å². The summed E-state index contributed by atoms with van der Waals surface area (Å²) in [7, 11) is 1.76. The normalized spacial score (nSPS) is 15.1. The Morgan fingerprint density at radius 2 is 2.16 bits per heavy atom. The molecule has 1 amide bonds. The fourth-order valence-electron chi connectivity index (χ4n) is 2.57. The van der Waals surface area contributed by atoms with Crippen LogP contribution in [0.4, 0.5) is 5.69 Å². The Balaban J connectivity index is 1.98. The summed E-state index contributed by atoms with van der Waals surface area (Å²) < 4.78 is 0. The molecule has 6 nitrogen and oxygen atoms in total. The van der Waals surface area contributed by atoms with E-state index in [4.69, 9.17) is 5.41 Å². The third-order valence-corrected chi connectivity index (χ3v) is 5.01. The van der Waals surface area contributed by atoms with Crippen LogP contribution in [0.5, 0.6) is 0 Å². The standard InChI is InChI=1S/C18H22N4O2S/c1-13(24)22-7-5-15(6-8-22)21-11-14(10-19)3-4-16-9-17(20-2)18(12-23)25-16/h9-12,15,19-21H,5-8H2,1-2H3/b14-11-,19-10?. The summed E-state index contributed by atoms with van der Waals surface area (Å²) in [5, 5.41) is 13.7. The van der Waals surface area contributed by atoms with Gasteiger partial charge in [0.2, 0.25) is 5.91 Å². The fourth-order valence-corrected chi connectivity index (χ4v) is 3.40. The molecule has 1 aromatic rings. The molecular formula is C18H22N4O2S. The van der Waals surface area contributed by atoms with Crippen molar-refractivity contribution >= 4 is 35.4 Å². The molecule has 2 rings (SSSR count). The minimum absolute atomic E-state index is 0.117. The molecule has 0 unspecified atom stereocenters. The van der Waals surface area contributed by atoms with Gasteiger partial charge in [0.05, 0.1) is 21.0 Å². The predicted molar refractivity (Wildman–Crippen MR) is 101 cm³/mol. The highest BCUT2D eigenvalue weighted by Gasteiger charge is 2.19. The van der Waals surface area contributed by atoms with Crippen molar-refractivity contribution in [2.75, 3.05) is 25.5 Å². The van der Waals surface area contributed by atoms with Gasteiger partial charge in [0, 0.05) is 45.5 Å². The Morgan fingerprint density at radius 1 is 1.44 bits per heavy atom. The number of hydrogen-bond donors (Lipinski definition) is 3. The SMILES string of the molecule is CNc1cc(C#C/C(C=N)=C/NC2CCN(C(C)=O)CC2)sc1C=O. The van der Waals surface area contributed by atoms with E-state index in [2.05, 4.69) is 22.5 Å². The van der Waals surface area contributed by atoms with Gasteiger partial charge in [-0.1, -0.05) is 11.8 Å². The summed E-state index contributed by atoms with van der Waals surface area (Å²) in [6, 6.07) is 2.11. The van der Waals surface area contributed by atoms with Crippen LogP contribution in [-0.4, -0.2) is 49.5 Å². The van der Waals surface area contributed by atoms with E-state index in [1.165, 1.54) is 17.6 Å². The van der Waals surface area contributed by atoms with Crippen LogP contribution in [0, 0.1) is 17.3 Å². The Bertz CT molecular complexity index is 734. The van der Waals surface area contributed by atoms with Crippen molar-refractivity contribution < 1.29 is 9.59 Å². The molecule has 0 bridgehead atoms. The van der Waals surface area contributed by atoms with Gasteiger partial charge in [-0.3, -0.25) is 9.59 Å². The van der Waals surface area contributed by atoms with Crippen LogP contribution in [0.3, 0.4) is 0 Å². The van der Waals surface area contributed by atoms with E-state index >= 15 is 0 Å². The number of aldehydes is 1. The first-order valence-electron chi connectivity index (χ1n) is 8.08. The summed E-state index contributed by atoms with van der Waals surface area (Å²) in [5.41, 5.74) is 1.33. The van der Waals surface area contributed by atoms with Gasteiger partial charge in [-0.15, -0.1) is 11.3 Å². The summed E-state index contributed by atoms with van der Waals surface area (Å²) >= 11 is 1.32. The van der Waals surface area contributed by atoms with Gasteiger partial charge in [-0.2, -0.15) is 0 Å². The van der Waals surface area contributed by atoms with Gasteiger partial charge in [0.1, 0.15) is 0 Å². The molecule has 0 spiro atoms. The second-order valence-electron chi connectivity index (χ2n) is 5.70. The van der Waals surface area contributed by atoms with Crippen molar-refractivity contribution in [1.82, 2.24) is 10.2 Å². The van der Waals surface area contributed by atoms with E-state index in [1.807, 2.05) is 11.0 Å². The maximum atomic E-state index is 11.3. The molecular weight excluding hydrogens is 336 g/mol. The number of nitrogens with zero attached hydrogens (tertiary/aromatic N) is 1. The number of carbonyl (C=O) groups is 2. The maximum Gasteiger partial charge on any atom is 0.219 e. The van der Waals surface area contributed by atoms with E-state index in [0.29, 0.717) is 10.5 Å². The van der Waals surface area contributed by atoms with Crippen LogP contribution in [0.25, 0.3) is 0 Å². The lowest BCUT2D eigenvalue weighted by atomic mass is 10.1. The van der Waals surface area contributed by atoms with Crippen LogP contribution in [-0.2, 0) is 4.79 Å². The Labute approximate surface area is 151 Å². The number of rotatable bonds is 5. The lowest BCUT2D eigenvalue weighted by Gasteiger charge is -2.31. The maximum absolute atomic E-state index is 11.3. The molecule has 0 aliphatic carbocycles. The van der Waals surface area contributed by atoms with Crippen LogP contribution >= 0.6 is 11.3 Å². The average Bonchev–Trinajstić information content (AvgIpc) is 3.04. The molecule has 1 fully saturated rings. The van der Waals surface area contributed by atoms with E-state index in [9.17, 15) is 9.59 Å². The van der Waals surface area contributed by atoms with Gasteiger partial charge < -0.3 is 20.9 Å². The second-order valence-corrected chi connectivity index (χ2v) is 6.78. The zero-order valence-corrected chi connectivity index (χ0v) is 15.2. The van der Waals surface area contributed by atoms with Gasteiger partial charge in [0.15, 0.2) is 6.29 Å². The number of piperidine rings is 1. The molecule has 1 aromatic heterocycles. The van der Waals surface area contributed by atoms with E-state index in [-0.39, 0.29) is 11.9 Å². The largest absolute Gasteiger partial charge is 0.387 e. The molecule has 1 aliphatic heterocycles. The molecule has 0 aromatic carbocycles. The second kappa shape index (κ2) is 9.04. The third-order valence-electron chi connectivity index (χ3n) is 4.04. The highest BCUT2D eigenvalue weighted by atomic mass is 32.1. The minimum Gasteiger partial charge on any atom is -0.387 e. The first kappa shape index (κ1) is 18.7. The molecule has 7 heteroatoms. The number of amides is 1. The van der Waals surface area contributed by atoms with Crippen LogP contribution in [0.1, 0.15) is 34.3 Å². The summed E-state index contributed by atoms with van der Waals surface area (Å²) in [6.07, 6.45) is 5.53. The molecule has 132 valence electrons. The monoisotopic (exact) mass is 358 g/mol. The topological polar surface area (TPSA) is 85.3 Å². The highest BCUT2D eigenvalue weighted by Crippen LogP contribution is 2.24. The lowest BCUT2D eigenvalue weighted by molar-refractivity contribution is -0.129. The number of carbonyl (C=O) groups excluding carboxylic acids is 2. The fraction of sp³-hybridized carbons (Fsp3) is 0.389. The Kier molecular flexibility index (Phi) is 6.78. The number of thiophene rings is 1. The third kappa shape index (κ3) is 5.19. The predicted octanol–water partition coefficient (Wildman–Crippen LogP) is 2.09. The Hall–Kier alpha value is -2.59. The van der Waals surface area contributed by atoms with Crippen molar-refractivity contribution in [1.29, 1.82) is 5.41 Å². The zero-order chi connectivity index (χ0) is 18.2. The Morgan fingerprint density at radius 3 is 2.68 bits per heavy atom. The molecule has 1 aliphatic rings. The quantitative estimate of drug-likeness (QED) is 0.427. The van der Waals surface area contributed by atoms with Crippen molar-refractivity contribution in [2.45, 2.75) is 25.8 Å². The van der Waals surface area contributed by atoms with Gasteiger partial charge >= 0.3 is 0 Å². The zero-order valence-electron chi connectivity index (χ0n) is 14.4. The summed E-state index contributed by atoms with van der Waals surface area (Å²) in [6.45, 7) is 3.10. The summed E-state index contributed by atoms with van der Waals surface area (Å²) in [5.74, 6) is 6.06. The minimum atomic E-state index is 0.117. The molecule has 0 radical (unpaired) electrons. The molecule has 3 N–H and O–H groups in total. The average molecular weight is 358 g/mol. The number of allylic oxidation sites excluding steroid dienone is 1. The number of hydrogen-bond acceptors (Lipinski definition) is 6. The van der Waals surface area contributed by atoms with Crippen molar-refractivity contribution in [2.24, 2.45) is 0 Å². The number of likely N-dealkylation sites (tertiary alicyclic amines) is 1. The highest BCUT2D eigenvalue weighted by molar-refractivity contribution is 7.14. The van der Waals surface area contributed by atoms with Crippen LogP contribution in [0.2, 0.25) is 0 Å². The molecule has 25 heavy (non-hydrogen) atoms. The lowest BCUT2D eigenvalue weighted by Crippen LogP contribution is -2.42. The summed E-state index contributed by atoms with van der Waals surface area (Å²) in [4.78, 5) is 25.5. The molecule has 2 heterocycles. The van der Waals surface area contributed by atoms with Gasteiger partial charge in [-0.05, 0) is 18.9 Å². The molecule has 1 saturated heterocycles. The number of nitrogens with one attached hydrogen (secondary N) is 3. The van der Waals surface area contributed by atoms with E-state index in [0.717, 1.165) is 42.8 Å². The first-order valence-corrected chi connectivity index (χ1v) is 8.90. The smallest absolute Gasteiger partial charge is 0.219 e. The van der Waals surface area contributed by atoms with Crippen molar-refractivity contribution in [3.05, 3.63) is 27.6 Å². The van der Waals surface area contributed by atoms with E-state index < -0.39 is 0 Å². The molecule has 0 saturated carbocycles. The van der Waals surface area contributed by atoms with Crippen molar-refractivity contribution in [3.8, 4) is 11.8 Å². The first-order chi connectivity index (χ1) is 12.1. The number of anilines is 1. The van der Waals surface area contributed by atoms with Gasteiger partial charge in [0.25, 0.3) is 0 Å². The van der Waals surface area contributed by atoms with Crippen molar-refractivity contribution in [3.63, 3.8) is 0 Å². The molecule has 0 atom stereocenters.